The van der Waals surface area contributed by atoms with Crippen molar-refractivity contribution >= 4 is 12.0 Å². The molecule has 0 amide bonds. The topological polar surface area (TPSA) is 48.0 Å². The van der Waals surface area contributed by atoms with E-state index in [9.17, 15) is 4.79 Å². The SMILES string of the molecule is C/C=C/n1ccc(=O)cc1N. The molecule has 1 aromatic rings. The minimum atomic E-state index is -0.0664. The van der Waals surface area contributed by atoms with Gasteiger partial charge in [-0.2, -0.15) is 0 Å². The largest absolute Gasteiger partial charge is 0.385 e. The molecule has 0 bridgehead atoms. The number of hydrogen-bond donors (Lipinski definition) is 1. The zero-order valence-corrected chi connectivity index (χ0v) is 6.32. The first-order valence-corrected chi connectivity index (χ1v) is 3.34. The molecule has 0 unspecified atom stereocenters. The van der Waals surface area contributed by atoms with Crippen LogP contribution in [0.3, 0.4) is 0 Å². The van der Waals surface area contributed by atoms with Crippen LogP contribution in [0.1, 0.15) is 6.92 Å². The fraction of sp³-hybridized carbons (Fsp3) is 0.125. The Balaban J connectivity index is 3.19. The summed E-state index contributed by atoms with van der Waals surface area (Å²) >= 11 is 0. The molecule has 0 radical (unpaired) electrons. The first kappa shape index (κ1) is 7.60. The fourth-order valence-electron chi connectivity index (χ4n) is 0.805. The minimum absolute atomic E-state index is 0.0664. The lowest BCUT2D eigenvalue weighted by atomic mass is 10.4. The zero-order valence-electron chi connectivity index (χ0n) is 6.32. The summed E-state index contributed by atoms with van der Waals surface area (Å²) in [5, 5.41) is 0. The van der Waals surface area contributed by atoms with E-state index in [-0.39, 0.29) is 5.43 Å². The van der Waals surface area contributed by atoms with Gasteiger partial charge in [-0.25, -0.2) is 0 Å². The van der Waals surface area contributed by atoms with Gasteiger partial charge in [-0.05, 0) is 6.92 Å². The van der Waals surface area contributed by atoms with Crippen molar-refractivity contribution in [2.75, 3.05) is 5.73 Å². The van der Waals surface area contributed by atoms with E-state index in [1.165, 1.54) is 12.1 Å². The van der Waals surface area contributed by atoms with Crippen LogP contribution >= 0.6 is 0 Å². The number of nitrogens with two attached hydrogens (primary N) is 1. The number of nitrogens with zero attached hydrogens (tertiary/aromatic N) is 1. The third-order valence-corrected chi connectivity index (χ3v) is 1.30. The number of anilines is 1. The van der Waals surface area contributed by atoms with Crippen LogP contribution in [0.15, 0.2) is 29.2 Å². The van der Waals surface area contributed by atoms with Crippen LogP contribution in [-0.2, 0) is 0 Å². The van der Waals surface area contributed by atoms with E-state index in [0.29, 0.717) is 5.82 Å². The Morgan fingerprint density at radius 2 is 2.36 bits per heavy atom. The predicted molar refractivity (Wildman–Crippen MR) is 46.1 cm³/mol. The van der Waals surface area contributed by atoms with Gasteiger partial charge in [-0.1, -0.05) is 6.08 Å². The molecule has 0 spiro atoms. The van der Waals surface area contributed by atoms with E-state index in [1.807, 2.05) is 13.0 Å². The Morgan fingerprint density at radius 1 is 1.64 bits per heavy atom. The molecule has 58 valence electrons. The molecule has 2 N–H and O–H groups in total. The van der Waals surface area contributed by atoms with Crippen molar-refractivity contribution in [3.8, 4) is 0 Å². The summed E-state index contributed by atoms with van der Waals surface area (Å²) in [6.45, 7) is 1.89. The normalized spacial score (nSPS) is 10.6. The van der Waals surface area contributed by atoms with Crippen molar-refractivity contribution < 1.29 is 0 Å². The molecule has 1 aromatic heterocycles. The number of hydrogen-bond acceptors (Lipinski definition) is 2. The third kappa shape index (κ3) is 1.70. The van der Waals surface area contributed by atoms with Crippen molar-refractivity contribution in [1.29, 1.82) is 0 Å². The van der Waals surface area contributed by atoms with Gasteiger partial charge in [-0.3, -0.25) is 4.79 Å². The molecule has 0 fully saturated rings. The number of pyridine rings is 1. The van der Waals surface area contributed by atoms with Gasteiger partial charge in [0.15, 0.2) is 5.43 Å². The van der Waals surface area contributed by atoms with Gasteiger partial charge in [0, 0.05) is 24.5 Å². The smallest absolute Gasteiger partial charge is 0.183 e. The molecule has 0 aromatic carbocycles. The van der Waals surface area contributed by atoms with Crippen molar-refractivity contribution in [2.24, 2.45) is 0 Å². The average Bonchev–Trinajstić information content (AvgIpc) is 1.95. The van der Waals surface area contributed by atoms with Crippen LogP contribution in [0.2, 0.25) is 0 Å². The monoisotopic (exact) mass is 150 g/mol. The van der Waals surface area contributed by atoms with Crippen LogP contribution in [0, 0.1) is 0 Å². The fourth-order valence-corrected chi connectivity index (χ4v) is 0.805. The molecular formula is C8H10N2O. The summed E-state index contributed by atoms with van der Waals surface area (Å²) in [7, 11) is 0. The van der Waals surface area contributed by atoms with Crippen LogP contribution in [-0.4, -0.2) is 4.57 Å². The third-order valence-electron chi connectivity index (χ3n) is 1.30. The second-order valence-corrected chi connectivity index (χ2v) is 2.18. The van der Waals surface area contributed by atoms with Gasteiger partial charge >= 0.3 is 0 Å². The second kappa shape index (κ2) is 3.05. The molecule has 3 heteroatoms. The molecule has 0 aliphatic rings. The standard InChI is InChI=1S/C8H10N2O/c1-2-4-10-5-3-7(11)6-8(10)9/h2-6H,9H2,1H3/b4-2+. The Morgan fingerprint density at radius 3 is 2.91 bits per heavy atom. The summed E-state index contributed by atoms with van der Waals surface area (Å²) in [6.07, 6.45) is 5.27. The summed E-state index contributed by atoms with van der Waals surface area (Å²) in [4.78, 5) is 10.7. The molecule has 1 heterocycles. The van der Waals surface area contributed by atoms with Gasteiger partial charge in [0.2, 0.25) is 0 Å². The minimum Gasteiger partial charge on any atom is -0.385 e. The molecule has 0 saturated heterocycles. The predicted octanol–water partition coefficient (Wildman–Crippen LogP) is 0.921. The molecule has 0 aliphatic carbocycles. The van der Waals surface area contributed by atoms with Crippen LogP contribution < -0.4 is 11.2 Å². The summed E-state index contributed by atoms with van der Waals surface area (Å²) < 4.78 is 1.68. The molecule has 1 rings (SSSR count). The quantitative estimate of drug-likeness (QED) is 0.647. The molecule has 0 saturated carbocycles. The van der Waals surface area contributed by atoms with E-state index in [1.54, 1.807) is 17.0 Å². The van der Waals surface area contributed by atoms with Gasteiger partial charge < -0.3 is 10.3 Å². The number of rotatable bonds is 1. The Labute approximate surface area is 64.8 Å². The highest BCUT2D eigenvalue weighted by Gasteiger charge is 1.89. The molecule has 11 heavy (non-hydrogen) atoms. The molecule has 3 nitrogen and oxygen atoms in total. The van der Waals surface area contributed by atoms with E-state index >= 15 is 0 Å². The lowest BCUT2D eigenvalue weighted by Crippen LogP contribution is -2.06. The first-order valence-electron chi connectivity index (χ1n) is 3.34. The summed E-state index contributed by atoms with van der Waals surface area (Å²) in [5.74, 6) is 0.454. The van der Waals surface area contributed by atoms with Crippen molar-refractivity contribution in [1.82, 2.24) is 4.57 Å². The number of nitrogen functional groups attached to an aromatic ring is 1. The van der Waals surface area contributed by atoms with E-state index in [0.717, 1.165) is 0 Å². The van der Waals surface area contributed by atoms with E-state index in [2.05, 4.69) is 0 Å². The van der Waals surface area contributed by atoms with Crippen molar-refractivity contribution in [2.45, 2.75) is 6.92 Å². The lowest BCUT2D eigenvalue weighted by Gasteiger charge is -2.01. The van der Waals surface area contributed by atoms with Gasteiger partial charge in [0.25, 0.3) is 0 Å². The molecule has 0 atom stereocenters. The van der Waals surface area contributed by atoms with Crippen LogP contribution in [0.25, 0.3) is 6.20 Å². The molecular weight excluding hydrogens is 140 g/mol. The highest BCUT2D eigenvalue weighted by atomic mass is 16.1. The average molecular weight is 150 g/mol. The summed E-state index contributed by atoms with van der Waals surface area (Å²) in [6, 6.07) is 2.86. The lowest BCUT2D eigenvalue weighted by molar-refractivity contribution is 1.13. The Bertz CT molecular complexity index is 325. The number of allylic oxidation sites excluding steroid dienone is 1. The maximum absolute atomic E-state index is 10.7. The van der Waals surface area contributed by atoms with Crippen LogP contribution in [0.5, 0.6) is 0 Å². The van der Waals surface area contributed by atoms with Gasteiger partial charge in [0.05, 0.1) is 0 Å². The second-order valence-electron chi connectivity index (χ2n) is 2.18. The van der Waals surface area contributed by atoms with Crippen LogP contribution in [0.4, 0.5) is 5.82 Å². The van der Waals surface area contributed by atoms with Gasteiger partial charge in [0.1, 0.15) is 5.82 Å². The maximum atomic E-state index is 10.7. The maximum Gasteiger partial charge on any atom is 0.183 e. The zero-order chi connectivity index (χ0) is 8.27. The van der Waals surface area contributed by atoms with Gasteiger partial charge in [-0.15, -0.1) is 0 Å². The Kier molecular flexibility index (Phi) is 2.11. The first-order chi connectivity index (χ1) is 5.24. The van der Waals surface area contributed by atoms with E-state index < -0.39 is 0 Å². The summed E-state index contributed by atoms with van der Waals surface area (Å²) in [5.41, 5.74) is 5.45. The number of aromatic nitrogens is 1. The van der Waals surface area contributed by atoms with Crippen molar-refractivity contribution in [3.63, 3.8) is 0 Å². The highest BCUT2D eigenvalue weighted by molar-refractivity contribution is 5.39. The Hall–Kier alpha value is -1.51. The van der Waals surface area contributed by atoms with Crippen molar-refractivity contribution in [3.05, 3.63) is 34.6 Å². The highest BCUT2D eigenvalue weighted by Crippen LogP contribution is 1.97. The molecule has 0 aliphatic heterocycles. The van der Waals surface area contributed by atoms with E-state index in [4.69, 9.17) is 5.73 Å².